The van der Waals surface area contributed by atoms with Crippen molar-refractivity contribution in [3.05, 3.63) is 58.6 Å². The van der Waals surface area contributed by atoms with E-state index >= 15 is 0 Å². The van der Waals surface area contributed by atoms with Crippen LogP contribution in [0.1, 0.15) is 11.1 Å². The van der Waals surface area contributed by atoms with Crippen LogP contribution < -0.4 is 10.1 Å². The highest BCUT2D eigenvalue weighted by atomic mass is 35.5. The molecular formula is C23H28ClN3O5S. The summed E-state index contributed by atoms with van der Waals surface area (Å²) in [5.74, 6) is 0.00550. The van der Waals surface area contributed by atoms with E-state index in [-0.39, 0.29) is 28.2 Å². The maximum Gasteiger partial charge on any atom is 0.257 e. The minimum Gasteiger partial charge on any atom is -0.482 e. The minimum absolute atomic E-state index is 0.106. The molecule has 0 unspecified atom stereocenters. The molecule has 8 nitrogen and oxygen atoms in total. The van der Waals surface area contributed by atoms with Crippen molar-refractivity contribution in [2.75, 3.05) is 52.5 Å². The van der Waals surface area contributed by atoms with Crippen LogP contribution in [0.3, 0.4) is 0 Å². The number of carbonyl (C=O) groups is 1. The van der Waals surface area contributed by atoms with Gasteiger partial charge in [0.15, 0.2) is 6.61 Å². The van der Waals surface area contributed by atoms with Crippen molar-refractivity contribution in [3.8, 4) is 5.75 Å². The van der Waals surface area contributed by atoms with E-state index in [4.69, 9.17) is 21.1 Å². The smallest absolute Gasteiger partial charge is 0.257 e. The molecule has 2 aromatic carbocycles. The van der Waals surface area contributed by atoms with Gasteiger partial charge in [0.1, 0.15) is 5.75 Å². The van der Waals surface area contributed by atoms with Crippen molar-refractivity contribution in [1.29, 1.82) is 0 Å². The molecule has 1 saturated heterocycles. The number of hydrogen-bond acceptors (Lipinski definition) is 6. The van der Waals surface area contributed by atoms with Crippen molar-refractivity contribution in [2.45, 2.75) is 17.9 Å². The van der Waals surface area contributed by atoms with E-state index < -0.39 is 10.0 Å². The van der Waals surface area contributed by atoms with Crippen LogP contribution >= 0.6 is 11.6 Å². The molecule has 2 aliphatic heterocycles. The van der Waals surface area contributed by atoms with Crippen LogP contribution in [0.2, 0.25) is 5.02 Å². The normalized spacial score (nSPS) is 17.4. The van der Waals surface area contributed by atoms with Gasteiger partial charge in [0.25, 0.3) is 5.91 Å². The molecule has 33 heavy (non-hydrogen) atoms. The van der Waals surface area contributed by atoms with E-state index in [1.165, 1.54) is 28.1 Å². The van der Waals surface area contributed by atoms with E-state index in [1.54, 1.807) is 0 Å². The first-order valence-corrected chi connectivity index (χ1v) is 12.8. The Kier molecular flexibility index (Phi) is 7.87. The van der Waals surface area contributed by atoms with Gasteiger partial charge in [0.05, 0.1) is 23.1 Å². The molecule has 0 radical (unpaired) electrons. The van der Waals surface area contributed by atoms with Gasteiger partial charge in [-0.1, -0.05) is 35.9 Å². The Balaban J connectivity index is 1.30. The van der Waals surface area contributed by atoms with E-state index in [2.05, 4.69) is 10.2 Å². The first-order valence-electron chi connectivity index (χ1n) is 11.0. The van der Waals surface area contributed by atoms with E-state index in [0.717, 1.165) is 25.2 Å². The Morgan fingerprint density at radius 1 is 1.09 bits per heavy atom. The molecule has 2 heterocycles. The predicted octanol–water partition coefficient (Wildman–Crippen LogP) is 1.91. The van der Waals surface area contributed by atoms with Crippen LogP contribution in [0.4, 0.5) is 0 Å². The topological polar surface area (TPSA) is 88.2 Å². The van der Waals surface area contributed by atoms with E-state index in [9.17, 15) is 13.2 Å². The van der Waals surface area contributed by atoms with Crippen LogP contribution in [0, 0.1) is 0 Å². The largest absolute Gasteiger partial charge is 0.482 e. The Bertz CT molecular complexity index is 1090. The number of rotatable bonds is 8. The molecule has 0 spiro atoms. The second-order valence-corrected chi connectivity index (χ2v) is 10.4. The number of benzene rings is 2. The highest BCUT2D eigenvalue weighted by Gasteiger charge is 2.28. The highest BCUT2D eigenvalue weighted by Crippen LogP contribution is 2.30. The summed E-state index contributed by atoms with van der Waals surface area (Å²) in [5.41, 5.74) is 2.19. The van der Waals surface area contributed by atoms with Crippen LogP contribution in [0.25, 0.3) is 0 Å². The van der Waals surface area contributed by atoms with Crippen molar-refractivity contribution in [3.63, 3.8) is 0 Å². The molecular weight excluding hydrogens is 466 g/mol. The monoisotopic (exact) mass is 493 g/mol. The van der Waals surface area contributed by atoms with Crippen molar-refractivity contribution < 1.29 is 22.7 Å². The molecule has 0 aromatic heterocycles. The lowest BCUT2D eigenvalue weighted by Gasteiger charge is -2.28. The van der Waals surface area contributed by atoms with Gasteiger partial charge < -0.3 is 14.8 Å². The lowest BCUT2D eigenvalue weighted by Crippen LogP contribution is -2.42. The summed E-state index contributed by atoms with van der Waals surface area (Å²) in [6.45, 7) is 4.98. The summed E-state index contributed by atoms with van der Waals surface area (Å²) in [7, 11) is -3.70. The number of hydrogen-bond donors (Lipinski definition) is 1. The number of ether oxygens (including phenoxy) is 2. The van der Waals surface area contributed by atoms with Crippen molar-refractivity contribution >= 4 is 27.5 Å². The lowest BCUT2D eigenvalue weighted by atomic mass is 10.0. The van der Waals surface area contributed by atoms with Gasteiger partial charge in [0.2, 0.25) is 10.0 Å². The fourth-order valence-corrected chi connectivity index (χ4v) is 5.70. The molecule has 1 fully saturated rings. The summed E-state index contributed by atoms with van der Waals surface area (Å²) in [4.78, 5) is 14.4. The van der Waals surface area contributed by atoms with Gasteiger partial charge in [0, 0.05) is 39.3 Å². The summed E-state index contributed by atoms with van der Waals surface area (Å²) >= 11 is 6.29. The van der Waals surface area contributed by atoms with Crippen LogP contribution in [-0.2, 0) is 32.5 Å². The number of morpholine rings is 1. The Morgan fingerprint density at radius 2 is 1.85 bits per heavy atom. The molecule has 178 valence electrons. The second kappa shape index (κ2) is 10.8. The number of fused-ring (bicyclic) bond motifs is 1. The molecule has 1 amide bonds. The molecule has 1 N–H and O–H groups in total. The third kappa shape index (κ3) is 6.04. The second-order valence-electron chi connectivity index (χ2n) is 8.04. The number of amides is 1. The third-order valence-electron chi connectivity index (χ3n) is 5.85. The molecule has 2 aliphatic rings. The van der Waals surface area contributed by atoms with Crippen LogP contribution in [0.15, 0.2) is 47.4 Å². The first-order chi connectivity index (χ1) is 15.9. The summed E-state index contributed by atoms with van der Waals surface area (Å²) in [6.07, 6.45) is 0.672. The van der Waals surface area contributed by atoms with E-state index in [1.807, 2.05) is 24.3 Å². The summed E-state index contributed by atoms with van der Waals surface area (Å²) in [6, 6.07) is 12.2. The standard InChI is InChI=1S/C23H28ClN3O5S/c24-21-15-20(33(29,30)27-9-7-18-3-1-2-4-19(18)16-27)5-6-22(21)32-17-23(28)25-8-10-26-11-13-31-14-12-26/h1-6,15H,7-14,16-17H2,(H,25,28). The molecule has 0 saturated carbocycles. The molecule has 10 heteroatoms. The Morgan fingerprint density at radius 3 is 2.61 bits per heavy atom. The lowest BCUT2D eigenvalue weighted by molar-refractivity contribution is -0.123. The maximum atomic E-state index is 13.1. The van der Waals surface area contributed by atoms with Crippen LogP contribution in [0.5, 0.6) is 5.75 Å². The number of halogens is 1. The fourth-order valence-electron chi connectivity index (χ4n) is 3.96. The summed E-state index contributed by atoms with van der Waals surface area (Å²) < 4.78 is 38.5. The Labute approximate surface area is 199 Å². The average Bonchev–Trinajstić information content (AvgIpc) is 2.83. The molecule has 4 rings (SSSR count). The number of nitrogens with one attached hydrogen (secondary N) is 1. The predicted molar refractivity (Wildman–Crippen MR) is 125 cm³/mol. The van der Waals surface area contributed by atoms with E-state index in [0.29, 0.717) is 39.3 Å². The van der Waals surface area contributed by atoms with Crippen molar-refractivity contribution in [1.82, 2.24) is 14.5 Å². The number of nitrogens with zero attached hydrogens (tertiary/aromatic N) is 2. The fraction of sp³-hybridized carbons (Fsp3) is 0.435. The van der Waals surface area contributed by atoms with Gasteiger partial charge in [-0.3, -0.25) is 9.69 Å². The molecule has 0 atom stereocenters. The van der Waals surface area contributed by atoms with Crippen molar-refractivity contribution in [2.24, 2.45) is 0 Å². The van der Waals surface area contributed by atoms with Gasteiger partial charge in [-0.15, -0.1) is 0 Å². The van der Waals surface area contributed by atoms with Gasteiger partial charge in [-0.25, -0.2) is 8.42 Å². The highest BCUT2D eigenvalue weighted by molar-refractivity contribution is 7.89. The first kappa shape index (κ1) is 24.0. The van der Waals surface area contributed by atoms with Crippen LogP contribution in [-0.4, -0.2) is 76.1 Å². The quantitative estimate of drug-likeness (QED) is 0.604. The molecule has 0 aliphatic carbocycles. The third-order valence-corrected chi connectivity index (χ3v) is 7.99. The Hall–Kier alpha value is -2.17. The number of carbonyl (C=O) groups excluding carboxylic acids is 1. The zero-order valence-corrected chi connectivity index (χ0v) is 19.9. The number of sulfonamides is 1. The molecule has 2 aromatic rings. The summed E-state index contributed by atoms with van der Waals surface area (Å²) in [5, 5.41) is 2.96. The molecule has 0 bridgehead atoms. The SMILES string of the molecule is O=C(COc1ccc(S(=O)(=O)N2CCc3ccccc3C2)cc1Cl)NCCN1CCOCC1. The minimum atomic E-state index is -3.70. The van der Waals surface area contributed by atoms with Gasteiger partial charge >= 0.3 is 0 Å². The average molecular weight is 494 g/mol. The zero-order valence-electron chi connectivity index (χ0n) is 18.3. The zero-order chi connectivity index (χ0) is 23.3. The maximum absolute atomic E-state index is 13.1. The van der Waals surface area contributed by atoms with Gasteiger partial charge in [-0.05, 0) is 35.7 Å². The van der Waals surface area contributed by atoms with Gasteiger partial charge in [-0.2, -0.15) is 4.31 Å².